The molecule has 1 unspecified atom stereocenters. The van der Waals surface area contributed by atoms with Crippen LogP contribution in [0.25, 0.3) is 10.1 Å². The average molecular weight is 275 g/mol. The second kappa shape index (κ2) is 7.66. The highest BCUT2D eigenvalue weighted by atomic mass is 32.1. The molecule has 1 nitrogen and oxygen atoms in total. The van der Waals surface area contributed by atoms with Crippen LogP contribution >= 0.6 is 11.3 Å². The van der Waals surface area contributed by atoms with Crippen molar-refractivity contribution >= 4 is 21.4 Å². The molecule has 0 fully saturated rings. The van der Waals surface area contributed by atoms with Crippen molar-refractivity contribution in [3.8, 4) is 0 Å². The molecule has 0 saturated heterocycles. The maximum absolute atomic E-state index is 3.49. The van der Waals surface area contributed by atoms with E-state index in [0.717, 1.165) is 0 Å². The highest BCUT2D eigenvalue weighted by Crippen LogP contribution is 2.32. The van der Waals surface area contributed by atoms with Crippen molar-refractivity contribution in [1.82, 2.24) is 5.32 Å². The Morgan fingerprint density at radius 3 is 2.68 bits per heavy atom. The van der Waals surface area contributed by atoms with E-state index in [1.165, 1.54) is 54.2 Å². The lowest BCUT2D eigenvalue weighted by Crippen LogP contribution is -2.15. The Balaban J connectivity index is 1.97. The summed E-state index contributed by atoms with van der Waals surface area (Å²) < 4.78 is 1.41. The number of hydrogen-bond acceptors (Lipinski definition) is 2. The summed E-state index contributed by atoms with van der Waals surface area (Å²) in [6.07, 6.45) is 8.04. The molecule has 0 aliphatic rings. The molecule has 0 bridgehead atoms. The maximum Gasteiger partial charge on any atom is 0.0346 e. The fourth-order valence-electron chi connectivity index (χ4n) is 2.68. The van der Waals surface area contributed by atoms with E-state index in [2.05, 4.69) is 48.9 Å². The first kappa shape index (κ1) is 14.5. The topological polar surface area (TPSA) is 12.0 Å². The van der Waals surface area contributed by atoms with Gasteiger partial charge in [0.25, 0.3) is 0 Å². The van der Waals surface area contributed by atoms with Crippen LogP contribution in [0.4, 0.5) is 0 Å². The van der Waals surface area contributed by atoms with Crippen LogP contribution in [0.15, 0.2) is 29.6 Å². The van der Waals surface area contributed by atoms with Crippen LogP contribution in [0.1, 0.15) is 57.1 Å². The number of thiophene rings is 1. The molecule has 2 rings (SSSR count). The Labute approximate surface area is 121 Å². The van der Waals surface area contributed by atoms with Gasteiger partial charge >= 0.3 is 0 Å². The lowest BCUT2D eigenvalue weighted by atomic mass is 9.99. The van der Waals surface area contributed by atoms with Crippen LogP contribution in [0.3, 0.4) is 0 Å². The summed E-state index contributed by atoms with van der Waals surface area (Å²) in [5.74, 6) is 0. The van der Waals surface area contributed by atoms with Crippen LogP contribution in [0.5, 0.6) is 0 Å². The van der Waals surface area contributed by atoms with E-state index >= 15 is 0 Å². The highest BCUT2D eigenvalue weighted by molar-refractivity contribution is 7.17. The van der Waals surface area contributed by atoms with Gasteiger partial charge in [-0.3, -0.25) is 0 Å². The first-order valence-corrected chi connectivity index (χ1v) is 8.38. The molecule has 0 saturated carbocycles. The lowest BCUT2D eigenvalue weighted by molar-refractivity contribution is 0.504. The minimum Gasteiger partial charge on any atom is -0.313 e. The predicted octanol–water partition coefficient (Wildman–Crippen LogP) is 5.52. The van der Waals surface area contributed by atoms with Crippen molar-refractivity contribution in [2.45, 2.75) is 51.5 Å². The molecule has 1 atom stereocenters. The van der Waals surface area contributed by atoms with Crippen molar-refractivity contribution in [3.63, 3.8) is 0 Å². The van der Waals surface area contributed by atoms with E-state index < -0.39 is 0 Å². The Bertz CT molecular complexity index is 489. The van der Waals surface area contributed by atoms with Gasteiger partial charge in [-0.05, 0) is 35.9 Å². The quantitative estimate of drug-likeness (QED) is 0.625. The number of nitrogens with one attached hydrogen (secondary N) is 1. The zero-order valence-electron chi connectivity index (χ0n) is 12.1. The molecule has 2 heteroatoms. The van der Waals surface area contributed by atoms with Gasteiger partial charge in [0, 0.05) is 10.7 Å². The average Bonchev–Trinajstić information content (AvgIpc) is 2.87. The summed E-state index contributed by atoms with van der Waals surface area (Å²) >= 11 is 1.86. The minimum atomic E-state index is 0.512. The van der Waals surface area contributed by atoms with Crippen molar-refractivity contribution in [2.24, 2.45) is 0 Å². The van der Waals surface area contributed by atoms with Crippen molar-refractivity contribution < 1.29 is 0 Å². The third-order valence-corrected chi connectivity index (χ3v) is 4.81. The zero-order chi connectivity index (χ0) is 13.5. The predicted molar refractivity (Wildman–Crippen MR) is 87.0 cm³/mol. The summed E-state index contributed by atoms with van der Waals surface area (Å²) in [7, 11) is 2.09. The summed E-state index contributed by atoms with van der Waals surface area (Å²) in [6.45, 7) is 2.27. The Hall–Kier alpha value is -0.860. The minimum absolute atomic E-state index is 0.512. The molecule has 1 N–H and O–H groups in total. The van der Waals surface area contributed by atoms with E-state index in [1.54, 1.807) is 0 Å². The van der Waals surface area contributed by atoms with Crippen LogP contribution in [0.2, 0.25) is 0 Å². The number of fused-ring (bicyclic) bond motifs is 1. The molecular formula is C17H25NS. The zero-order valence-corrected chi connectivity index (χ0v) is 12.9. The van der Waals surface area contributed by atoms with Crippen LogP contribution in [-0.2, 0) is 0 Å². The van der Waals surface area contributed by atoms with Crippen LogP contribution in [-0.4, -0.2) is 7.05 Å². The van der Waals surface area contributed by atoms with Gasteiger partial charge in [-0.1, -0.05) is 57.2 Å². The number of rotatable bonds is 8. The fourth-order valence-corrected chi connectivity index (χ4v) is 3.69. The molecule has 0 spiro atoms. The van der Waals surface area contributed by atoms with Gasteiger partial charge in [-0.25, -0.2) is 0 Å². The molecule has 104 valence electrons. The normalized spacial score (nSPS) is 12.9. The lowest BCUT2D eigenvalue weighted by Gasteiger charge is -2.15. The van der Waals surface area contributed by atoms with Gasteiger partial charge in [0.15, 0.2) is 0 Å². The van der Waals surface area contributed by atoms with Gasteiger partial charge in [-0.2, -0.15) is 0 Å². The van der Waals surface area contributed by atoms with Gasteiger partial charge in [-0.15, -0.1) is 11.3 Å². The molecule has 1 heterocycles. The van der Waals surface area contributed by atoms with E-state index in [0.29, 0.717) is 6.04 Å². The Kier molecular flexibility index (Phi) is 5.87. The molecule has 19 heavy (non-hydrogen) atoms. The second-order valence-corrected chi connectivity index (χ2v) is 6.14. The Morgan fingerprint density at radius 2 is 1.89 bits per heavy atom. The molecular weight excluding hydrogens is 250 g/mol. The number of unbranched alkanes of at least 4 members (excludes halogenated alkanes) is 4. The molecule has 2 aromatic rings. The SMILES string of the molecule is CCCCCCCC(NC)c1csc2ccccc12. The van der Waals surface area contributed by atoms with Crippen LogP contribution < -0.4 is 5.32 Å². The van der Waals surface area contributed by atoms with E-state index in [9.17, 15) is 0 Å². The summed E-state index contributed by atoms with van der Waals surface area (Å²) in [6, 6.07) is 9.26. The maximum atomic E-state index is 3.49. The number of benzene rings is 1. The second-order valence-electron chi connectivity index (χ2n) is 5.23. The fraction of sp³-hybridized carbons (Fsp3) is 0.529. The van der Waals surface area contributed by atoms with Gasteiger partial charge in [0.1, 0.15) is 0 Å². The van der Waals surface area contributed by atoms with Crippen molar-refractivity contribution in [3.05, 3.63) is 35.2 Å². The van der Waals surface area contributed by atoms with E-state index in [-0.39, 0.29) is 0 Å². The molecule has 0 aliphatic heterocycles. The Morgan fingerprint density at radius 1 is 1.11 bits per heavy atom. The number of hydrogen-bond donors (Lipinski definition) is 1. The molecule has 1 aromatic heterocycles. The van der Waals surface area contributed by atoms with Gasteiger partial charge < -0.3 is 5.32 Å². The standard InChI is InChI=1S/C17H25NS/c1-3-4-5-6-7-11-16(18-2)15-13-19-17-12-9-8-10-14(15)17/h8-10,12-13,16,18H,3-7,11H2,1-2H3. The van der Waals surface area contributed by atoms with Gasteiger partial charge in [0.2, 0.25) is 0 Å². The third-order valence-electron chi connectivity index (χ3n) is 3.83. The molecule has 0 radical (unpaired) electrons. The summed E-state index contributed by atoms with van der Waals surface area (Å²) in [5.41, 5.74) is 1.48. The van der Waals surface area contributed by atoms with Crippen LogP contribution in [0, 0.1) is 0 Å². The molecule has 0 aliphatic carbocycles. The molecule has 1 aromatic carbocycles. The first-order chi connectivity index (χ1) is 9.36. The van der Waals surface area contributed by atoms with E-state index in [1.807, 2.05) is 11.3 Å². The van der Waals surface area contributed by atoms with Crippen molar-refractivity contribution in [1.29, 1.82) is 0 Å². The highest BCUT2D eigenvalue weighted by Gasteiger charge is 2.13. The monoisotopic (exact) mass is 275 g/mol. The summed E-state index contributed by atoms with van der Waals surface area (Å²) in [5, 5.41) is 7.26. The smallest absolute Gasteiger partial charge is 0.0346 e. The summed E-state index contributed by atoms with van der Waals surface area (Å²) in [4.78, 5) is 0. The van der Waals surface area contributed by atoms with E-state index in [4.69, 9.17) is 0 Å². The van der Waals surface area contributed by atoms with Gasteiger partial charge in [0.05, 0.1) is 0 Å². The third kappa shape index (κ3) is 3.80. The first-order valence-electron chi connectivity index (χ1n) is 7.50. The largest absolute Gasteiger partial charge is 0.313 e. The molecule has 0 amide bonds. The van der Waals surface area contributed by atoms with Crippen molar-refractivity contribution in [2.75, 3.05) is 7.05 Å².